The van der Waals surface area contributed by atoms with Crippen molar-refractivity contribution in [1.82, 2.24) is 0 Å². The van der Waals surface area contributed by atoms with Crippen LogP contribution in [0, 0.1) is 0 Å². The van der Waals surface area contributed by atoms with Gasteiger partial charge in [-0.1, -0.05) is 0 Å². The standard InChI is InChI=1S/C10H20O8S/c1-6-8(11)9(12)10(16-2)7(18-6)5-17-3-4-19(13,14)15/h6-12H,3-5H2,1-2H3,(H,13,14,15)/t6-,7?,8?,9+,10-/m1/s1. The fourth-order valence-corrected chi connectivity index (χ4v) is 2.24. The number of aliphatic hydroxyl groups excluding tert-OH is 2. The maximum Gasteiger partial charge on any atom is 0.267 e. The van der Waals surface area contributed by atoms with Crippen LogP contribution in [0.2, 0.25) is 0 Å². The molecule has 0 aliphatic carbocycles. The molecular weight excluding hydrogens is 280 g/mol. The Morgan fingerprint density at radius 1 is 1.26 bits per heavy atom. The van der Waals surface area contributed by atoms with Gasteiger partial charge in [-0.3, -0.25) is 4.55 Å². The molecule has 8 nitrogen and oxygen atoms in total. The number of ether oxygens (including phenoxy) is 3. The van der Waals surface area contributed by atoms with Crippen LogP contribution in [0.5, 0.6) is 0 Å². The van der Waals surface area contributed by atoms with Crippen molar-refractivity contribution in [1.29, 1.82) is 0 Å². The van der Waals surface area contributed by atoms with E-state index < -0.39 is 46.4 Å². The van der Waals surface area contributed by atoms with Gasteiger partial charge < -0.3 is 24.4 Å². The quantitative estimate of drug-likeness (QED) is 0.396. The van der Waals surface area contributed by atoms with Crippen LogP contribution >= 0.6 is 0 Å². The van der Waals surface area contributed by atoms with Crippen molar-refractivity contribution in [2.75, 3.05) is 26.1 Å². The predicted molar refractivity (Wildman–Crippen MR) is 64.4 cm³/mol. The van der Waals surface area contributed by atoms with Crippen LogP contribution in [-0.4, -0.2) is 79.8 Å². The van der Waals surface area contributed by atoms with Gasteiger partial charge in [0.1, 0.15) is 24.4 Å². The topological polar surface area (TPSA) is 123 Å². The molecule has 0 saturated carbocycles. The van der Waals surface area contributed by atoms with Crippen molar-refractivity contribution >= 4 is 10.1 Å². The van der Waals surface area contributed by atoms with Crippen molar-refractivity contribution in [3.8, 4) is 0 Å². The summed E-state index contributed by atoms with van der Waals surface area (Å²) in [6.45, 7) is 1.40. The molecule has 9 heteroatoms. The first-order valence-electron chi connectivity index (χ1n) is 5.83. The van der Waals surface area contributed by atoms with Crippen LogP contribution in [0.1, 0.15) is 6.92 Å². The molecule has 0 aromatic rings. The van der Waals surface area contributed by atoms with E-state index in [9.17, 15) is 18.6 Å². The molecule has 0 bridgehead atoms. The number of aliphatic hydroxyl groups is 2. The second kappa shape index (κ2) is 6.93. The highest BCUT2D eigenvalue weighted by atomic mass is 32.2. The molecule has 1 saturated heterocycles. The molecule has 3 N–H and O–H groups in total. The Balaban J connectivity index is 2.47. The minimum Gasteiger partial charge on any atom is -0.388 e. The van der Waals surface area contributed by atoms with Gasteiger partial charge in [-0.15, -0.1) is 0 Å². The number of hydrogen-bond donors (Lipinski definition) is 3. The Morgan fingerprint density at radius 2 is 1.89 bits per heavy atom. The average molecular weight is 300 g/mol. The Bertz CT molecular complexity index is 370. The van der Waals surface area contributed by atoms with E-state index in [-0.39, 0.29) is 13.2 Å². The summed E-state index contributed by atoms with van der Waals surface area (Å²) in [4.78, 5) is 0. The summed E-state index contributed by atoms with van der Waals surface area (Å²) in [5.41, 5.74) is 0. The van der Waals surface area contributed by atoms with E-state index in [1.165, 1.54) is 7.11 Å². The molecule has 19 heavy (non-hydrogen) atoms. The predicted octanol–water partition coefficient (Wildman–Crippen LogP) is -1.59. The van der Waals surface area contributed by atoms with E-state index in [4.69, 9.17) is 18.8 Å². The molecule has 0 aromatic carbocycles. The highest BCUT2D eigenvalue weighted by Gasteiger charge is 2.42. The maximum absolute atomic E-state index is 10.5. The Labute approximate surface area is 112 Å². The normalized spacial score (nSPS) is 36.4. The second-order valence-electron chi connectivity index (χ2n) is 4.42. The van der Waals surface area contributed by atoms with Crippen LogP contribution in [-0.2, 0) is 24.3 Å². The molecule has 114 valence electrons. The maximum atomic E-state index is 10.5. The summed E-state index contributed by atoms with van der Waals surface area (Å²) in [5, 5.41) is 19.5. The lowest BCUT2D eigenvalue weighted by molar-refractivity contribution is -0.234. The van der Waals surface area contributed by atoms with E-state index in [0.717, 1.165) is 0 Å². The third-order valence-electron chi connectivity index (χ3n) is 2.96. The SMILES string of the molecule is CO[C@@H]1C(COCCS(=O)(=O)O)O[C@H](C)C(O)[C@@H]1O. The number of rotatable bonds is 6. The third kappa shape index (κ3) is 4.95. The van der Waals surface area contributed by atoms with Crippen molar-refractivity contribution in [3.05, 3.63) is 0 Å². The van der Waals surface area contributed by atoms with E-state index in [1.807, 2.05) is 0 Å². The summed E-state index contributed by atoms with van der Waals surface area (Å²) < 4.78 is 45.1. The fourth-order valence-electron chi connectivity index (χ4n) is 1.91. The van der Waals surface area contributed by atoms with E-state index in [0.29, 0.717) is 0 Å². The van der Waals surface area contributed by atoms with Gasteiger partial charge in [-0.2, -0.15) is 8.42 Å². The van der Waals surface area contributed by atoms with Gasteiger partial charge in [0.05, 0.1) is 25.1 Å². The van der Waals surface area contributed by atoms with Crippen molar-refractivity contribution in [2.45, 2.75) is 37.4 Å². The Hall–Kier alpha value is -0.290. The summed E-state index contributed by atoms with van der Waals surface area (Å²) in [5.74, 6) is -0.516. The molecule has 2 unspecified atom stereocenters. The van der Waals surface area contributed by atoms with Gasteiger partial charge in [0.2, 0.25) is 0 Å². The molecule has 0 aromatic heterocycles. The molecule has 5 atom stereocenters. The lowest BCUT2D eigenvalue weighted by Gasteiger charge is -2.40. The molecule has 0 spiro atoms. The summed E-state index contributed by atoms with van der Waals surface area (Å²) in [6.07, 6.45) is -4.14. The van der Waals surface area contributed by atoms with E-state index in [2.05, 4.69) is 0 Å². The lowest BCUT2D eigenvalue weighted by Crippen LogP contribution is -2.58. The lowest BCUT2D eigenvalue weighted by atomic mass is 9.96. The molecule has 1 fully saturated rings. The first kappa shape index (κ1) is 16.8. The second-order valence-corrected chi connectivity index (χ2v) is 5.99. The average Bonchev–Trinajstić information content (AvgIpc) is 2.31. The molecule has 1 aliphatic rings. The van der Waals surface area contributed by atoms with Crippen molar-refractivity contribution in [2.24, 2.45) is 0 Å². The smallest absolute Gasteiger partial charge is 0.267 e. The van der Waals surface area contributed by atoms with Gasteiger partial charge in [0, 0.05) is 7.11 Å². The van der Waals surface area contributed by atoms with Crippen LogP contribution < -0.4 is 0 Å². The van der Waals surface area contributed by atoms with E-state index in [1.54, 1.807) is 6.92 Å². The van der Waals surface area contributed by atoms with Gasteiger partial charge in [0.25, 0.3) is 10.1 Å². The molecule has 1 aliphatic heterocycles. The first-order chi connectivity index (χ1) is 8.76. The van der Waals surface area contributed by atoms with Crippen LogP contribution in [0.15, 0.2) is 0 Å². The van der Waals surface area contributed by atoms with Crippen LogP contribution in [0.25, 0.3) is 0 Å². The highest BCUT2D eigenvalue weighted by molar-refractivity contribution is 7.85. The molecule has 0 amide bonds. The number of methoxy groups -OCH3 is 1. The number of hydrogen-bond acceptors (Lipinski definition) is 7. The summed E-state index contributed by atoms with van der Waals surface area (Å²) in [7, 11) is -2.70. The zero-order valence-corrected chi connectivity index (χ0v) is 11.6. The van der Waals surface area contributed by atoms with Crippen LogP contribution in [0.3, 0.4) is 0 Å². The Kier molecular flexibility index (Phi) is 6.12. The van der Waals surface area contributed by atoms with Crippen molar-refractivity contribution in [3.63, 3.8) is 0 Å². The summed E-state index contributed by atoms with van der Waals surface area (Å²) >= 11 is 0. The Morgan fingerprint density at radius 3 is 2.42 bits per heavy atom. The highest BCUT2D eigenvalue weighted by Crippen LogP contribution is 2.23. The van der Waals surface area contributed by atoms with Crippen molar-refractivity contribution < 1.29 is 37.4 Å². The van der Waals surface area contributed by atoms with Gasteiger partial charge in [0.15, 0.2) is 0 Å². The molecule has 1 heterocycles. The fraction of sp³-hybridized carbons (Fsp3) is 1.00. The minimum absolute atomic E-state index is 0.0118. The van der Waals surface area contributed by atoms with Gasteiger partial charge in [-0.05, 0) is 6.92 Å². The summed E-state index contributed by atoms with van der Waals surface area (Å²) in [6, 6.07) is 0. The zero-order valence-electron chi connectivity index (χ0n) is 10.8. The van der Waals surface area contributed by atoms with Gasteiger partial charge >= 0.3 is 0 Å². The molecule has 0 radical (unpaired) electrons. The minimum atomic E-state index is -4.06. The monoisotopic (exact) mass is 300 g/mol. The molecule has 1 rings (SSSR count). The third-order valence-corrected chi connectivity index (χ3v) is 3.65. The zero-order chi connectivity index (χ0) is 14.6. The molecular formula is C10H20O8S. The largest absolute Gasteiger partial charge is 0.388 e. The van der Waals surface area contributed by atoms with E-state index >= 15 is 0 Å². The van der Waals surface area contributed by atoms with Crippen LogP contribution in [0.4, 0.5) is 0 Å². The first-order valence-corrected chi connectivity index (χ1v) is 7.44. The van der Waals surface area contributed by atoms with Gasteiger partial charge in [-0.25, -0.2) is 0 Å².